The Labute approximate surface area is 173 Å². The normalized spacial score (nSPS) is 17.5. The lowest BCUT2D eigenvalue weighted by Crippen LogP contribution is -2.43. The summed E-state index contributed by atoms with van der Waals surface area (Å²) in [6.45, 7) is 10.5. The van der Waals surface area contributed by atoms with E-state index in [0.29, 0.717) is 32.5 Å². The number of likely N-dealkylation sites (N-methyl/N-ethyl adjacent to an activating group) is 1. The molecule has 0 bridgehead atoms. The molecule has 3 atom stereocenters. The first kappa shape index (κ1) is 24.9. The molecular formula is C21H33NO7. The molecular weight excluding hydrogens is 378 g/mol. The second kappa shape index (κ2) is 13.9. The van der Waals surface area contributed by atoms with Gasteiger partial charge in [-0.2, -0.15) is 0 Å². The standard InChI is InChI=1S/C21H33NO7/c1-6-9-16(26-12-11-19(23)25-8-3)18(15-20-27-13-14-28-20)29-17(10-7-2)21(24)22(4)5/h6-7,11-12,16-18,20H,1-2,8-10,13-15H2,3-5H3/b12-11+/t16-,17+,18-/m0/s1. The molecule has 0 aliphatic carbocycles. The van der Waals surface area contributed by atoms with Gasteiger partial charge in [0.15, 0.2) is 6.29 Å². The quantitative estimate of drug-likeness (QED) is 0.188. The van der Waals surface area contributed by atoms with Gasteiger partial charge in [0.25, 0.3) is 5.91 Å². The van der Waals surface area contributed by atoms with Crippen LogP contribution in [0, 0.1) is 0 Å². The number of ether oxygens (including phenoxy) is 5. The Hall–Kier alpha value is -2.16. The number of hydrogen-bond donors (Lipinski definition) is 0. The van der Waals surface area contributed by atoms with Crippen LogP contribution in [0.15, 0.2) is 37.6 Å². The van der Waals surface area contributed by atoms with Crippen molar-refractivity contribution < 1.29 is 33.3 Å². The highest BCUT2D eigenvalue weighted by atomic mass is 16.7. The predicted molar refractivity (Wildman–Crippen MR) is 108 cm³/mol. The summed E-state index contributed by atoms with van der Waals surface area (Å²) in [5.74, 6) is -0.681. The largest absolute Gasteiger partial charge is 0.495 e. The molecule has 1 heterocycles. The van der Waals surface area contributed by atoms with Crippen LogP contribution < -0.4 is 0 Å². The van der Waals surface area contributed by atoms with E-state index in [4.69, 9.17) is 23.7 Å². The minimum atomic E-state index is -0.723. The Bertz CT molecular complexity index is 555. The van der Waals surface area contributed by atoms with Crippen LogP contribution in [-0.2, 0) is 33.3 Å². The second-order valence-electron chi connectivity index (χ2n) is 6.58. The lowest BCUT2D eigenvalue weighted by Gasteiger charge is -2.31. The highest BCUT2D eigenvalue weighted by Gasteiger charge is 2.33. The van der Waals surface area contributed by atoms with Crippen LogP contribution in [0.1, 0.15) is 26.2 Å². The topological polar surface area (TPSA) is 83.5 Å². The lowest BCUT2D eigenvalue weighted by molar-refractivity contribution is -0.160. The fourth-order valence-corrected chi connectivity index (χ4v) is 2.74. The van der Waals surface area contributed by atoms with E-state index in [1.54, 1.807) is 33.2 Å². The third-order valence-corrected chi connectivity index (χ3v) is 4.11. The molecule has 29 heavy (non-hydrogen) atoms. The highest BCUT2D eigenvalue weighted by Crippen LogP contribution is 2.22. The van der Waals surface area contributed by atoms with Crippen molar-refractivity contribution in [2.75, 3.05) is 33.9 Å². The van der Waals surface area contributed by atoms with Crippen LogP contribution in [0.25, 0.3) is 0 Å². The summed E-state index contributed by atoms with van der Waals surface area (Å²) in [7, 11) is 3.33. The maximum absolute atomic E-state index is 12.5. The molecule has 8 heteroatoms. The zero-order valence-corrected chi connectivity index (χ0v) is 17.6. The zero-order valence-electron chi connectivity index (χ0n) is 17.6. The van der Waals surface area contributed by atoms with Crippen molar-refractivity contribution in [2.45, 2.75) is 50.8 Å². The van der Waals surface area contributed by atoms with E-state index >= 15 is 0 Å². The summed E-state index contributed by atoms with van der Waals surface area (Å²) < 4.78 is 27.8. The maximum atomic E-state index is 12.5. The fourth-order valence-electron chi connectivity index (χ4n) is 2.74. The monoisotopic (exact) mass is 411 g/mol. The van der Waals surface area contributed by atoms with Crippen LogP contribution in [0.3, 0.4) is 0 Å². The van der Waals surface area contributed by atoms with Gasteiger partial charge in [0.1, 0.15) is 18.3 Å². The fraction of sp³-hybridized carbons (Fsp3) is 0.619. The van der Waals surface area contributed by atoms with Crippen molar-refractivity contribution in [3.05, 3.63) is 37.6 Å². The van der Waals surface area contributed by atoms with Crippen molar-refractivity contribution in [3.63, 3.8) is 0 Å². The Morgan fingerprint density at radius 2 is 1.79 bits per heavy atom. The van der Waals surface area contributed by atoms with E-state index in [1.165, 1.54) is 17.2 Å². The molecule has 0 aromatic heterocycles. The predicted octanol–water partition coefficient (Wildman–Crippen LogP) is 2.21. The molecule has 1 amide bonds. The summed E-state index contributed by atoms with van der Waals surface area (Å²) >= 11 is 0. The number of rotatable bonds is 14. The summed E-state index contributed by atoms with van der Waals surface area (Å²) in [5.41, 5.74) is 0. The molecule has 0 unspecified atom stereocenters. The first-order valence-corrected chi connectivity index (χ1v) is 9.73. The van der Waals surface area contributed by atoms with Crippen molar-refractivity contribution in [3.8, 4) is 0 Å². The van der Waals surface area contributed by atoms with Gasteiger partial charge in [-0.15, -0.1) is 13.2 Å². The van der Waals surface area contributed by atoms with Gasteiger partial charge in [0.2, 0.25) is 0 Å². The summed E-state index contributed by atoms with van der Waals surface area (Å²) in [6.07, 6.45) is 4.70. The second-order valence-corrected chi connectivity index (χ2v) is 6.58. The molecule has 1 fully saturated rings. The van der Waals surface area contributed by atoms with Gasteiger partial charge in [-0.25, -0.2) is 4.79 Å². The molecule has 0 saturated carbocycles. The van der Waals surface area contributed by atoms with Crippen LogP contribution >= 0.6 is 0 Å². The number of carbonyl (C=O) groups excluding carboxylic acids is 2. The molecule has 1 aliphatic rings. The Morgan fingerprint density at radius 3 is 2.34 bits per heavy atom. The lowest BCUT2D eigenvalue weighted by atomic mass is 10.1. The third kappa shape index (κ3) is 9.25. The summed E-state index contributed by atoms with van der Waals surface area (Å²) in [6, 6.07) is 0. The van der Waals surface area contributed by atoms with Crippen molar-refractivity contribution >= 4 is 11.9 Å². The molecule has 0 aromatic carbocycles. The number of amides is 1. The Kier molecular flexibility index (Phi) is 11.9. The molecule has 8 nitrogen and oxygen atoms in total. The first-order valence-electron chi connectivity index (χ1n) is 9.73. The number of carbonyl (C=O) groups is 2. The van der Waals surface area contributed by atoms with Crippen molar-refractivity contribution in [1.82, 2.24) is 4.90 Å². The number of esters is 1. The Morgan fingerprint density at radius 1 is 1.14 bits per heavy atom. The van der Waals surface area contributed by atoms with E-state index < -0.39 is 30.6 Å². The van der Waals surface area contributed by atoms with Crippen LogP contribution in [0.5, 0.6) is 0 Å². The van der Waals surface area contributed by atoms with E-state index in [-0.39, 0.29) is 12.5 Å². The molecule has 0 N–H and O–H groups in total. The van der Waals surface area contributed by atoms with Gasteiger partial charge >= 0.3 is 5.97 Å². The van der Waals surface area contributed by atoms with Crippen molar-refractivity contribution in [2.24, 2.45) is 0 Å². The van der Waals surface area contributed by atoms with E-state index in [9.17, 15) is 9.59 Å². The van der Waals surface area contributed by atoms with Gasteiger partial charge < -0.3 is 28.6 Å². The van der Waals surface area contributed by atoms with Crippen LogP contribution in [-0.4, -0.2) is 75.3 Å². The van der Waals surface area contributed by atoms with Gasteiger partial charge in [-0.1, -0.05) is 12.2 Å². The number of hydrogen-bond acceptors (Lipinski definition) is 7. The molecule has 0 radical (unpaired) electrons. The maximum Gasteiger partial charge on any atom is 0.333 e. The minimum absolute atomic E-state index is 0.178. The molecule has 1 aliphatic heterocycles. The average Bonchev–Trinajstić information content (AvgIpc) is 3.19. The SMILES string of the molecule is C=CC[C@H](O/C=C/C(=O)OCC)[C@H](CC1OCCO1)O[C@H](CC=C)C(=O)N(C)C. The van der Waals surface area contributed by atoms with Crippen molar-refractivity contribution in [1.29, 1.82) is 0 Å². The minimum Gasteiger partial charge on any atom is -0.495 e. The van der Waals surface area contributed by atoms with Crippen LogP contribution in [0.4, 0.5) is 0 Å². The highest BCUT2D eigenvalue weighted by molar-refractivity contribution is 5.81. The zero-order chi connectivity index (χ0) is 21.6. The summed E-state index contributed by atoms with van der Waals surface area (Å²) in [5, 5.41) is 0. The molecule has 164 valence electrons. The van der Waals surface area contributed by atoms with Gasteiger partial charge in [-0.05, 0) is 6.92 Å². The molecule has 1 rings (SSSR count). The van der Waals surface area contributed by atoms with Crippen LogP contribution in [0.2, 0.25) is 0 Å². The smallest absolute Gasteiger partial charge is 0.333 e. The van der Waals surface area contributed by atoms with E-state index in [2.05, 4.69) is 13.2 Å². The van der Waals surface area contributed by atoms with Gasteiger partial charge in [0.05, 0.1) is 32.2 Å². The first-order chi connectivity index (χ1) is 13.9. The average molecular weight is 411 g/mol. The number of nitrogens with zero attached hydrogens (tertiary/aromatic N) is 1. The van der Waals surface area contributed by atoms with Gasteiger partial charge in [0, 0.05) is 33.4 Å². The van der Waals surface area contributed by atoms with E-state index in [1.807, 2.05) is 0 Å². The summed E-state index contributed by atoms with van der Waals surface area (Å²) in [4.78, 5) is 25.5. The molecule has 0 spiro atoms. The Balaban J connectivity index is 2.96. The molecule has 1 saturated heterocycles. The molecule has 0 aromatic rings. The van der Waals surface area contributed by atoms with Gasteiger partial charge in [-0.3, -0.25) is 4.79 Å². The van der Waals surface area contributed by atoms with E-state index in [0.717, 1.165) is 0 Å². The third-order valence-electron chi connectivity index (χ3n) is 4.11.